The van der Waals surface area contributed by atoms with Crippen molar-refractivity contribution in [1.29, 1.82) is 0 Å². The maximum atomic E-state index is 11.9. The zero-order valence-corrected chi connectivity index (χ0v) is 17.4. The van der Waals surface area contributed by atoms with E-state index in [2.05, 4.69) is 33.2 Å². The molecule has 0 spiro atoms. The van der Waals surface area contributed by atoms with Crippen molar-refractivity contribution in [2.45, 2.75) is 76.0 Å². The van der Waals surface area contributed by atoms with Gasteiger partial charge in [0.05, 0.1) is 11.5 Å². The Balaban J connectivity index is 0. The van der Waals surface area contributed by atoms with Gasteiger partial charge >= 0.3 is 0 Å². The predicted molar refractivity (Wildman–Crippen MR) is 114 cm³/mol. The van der Waals surface area contributed by atoms with Crippen molar-refractivity contribution in [1.82, 2.24) is 0 Å². The Hall–Kier alpha value is -1.39. The molecule has 0 fully saturated rings. The Bertz CT molecular complexity index is 495. The van der Waals surface area contributed by atoms with Gasteiger partial charge in [-0.2, -0.15) is 8.42 Å². The first-order valence-electron chi connectivity index (χ1n) is 9.61. The molecule has 4 heteroatoms. The first-order valence-corrected chi connectivity index (χ1v) is 11.0. The highest BCUT2D eigenvalue weighted by molar-refractivity contribution is 7.86. The van der Waals surface area contributed by atoms with Gasteiger partial charge < -0.3 is 0 Å². The van der Waals surface area contributed by atoms with Crippen molar-refractivity contribution in [2.75, 3.05) is 6.61 Å². The molecule has 26 heavy (non-hydrogen) atoms. The van der Waals surface area contributed by atoms with Gasteiger partial charge in [0.25, 0.3) is 10.1 Å². The van der Waals surface area contributed by atoms with E-state index in [1.54, 1.807) is 30.3 Å². The van der Waals surface area contributed by atoms with Gasteiger partial charge in [0.1, 0.15) is 0 Å². The van der Waals surface area contributed by atoms with E-state index in [1.807, 2.05) is 0 Å². The van der Waals surface area contributed by atoms with Crippen LogP contribution in [0.3, 0.4) is 0 Å². The van der Waals surface area contributed by atoms with Crippen LogP contribution in [0.15, 0.2) is 61.5 Å². The van der Waals surface area contributed by atoms with E-state index < -0.39 is 10.1 Å². The first-order chi connectivity index (χ1) is 12.7. The highest BCUT2D eigenvalue weighted by Gasteiger charge is 2.13. The van der Waals surface area contributed by atoms with Gasteiger partial charge in [-0.15, -0.1) is 26.3 Å². The Morgan fingerprint density at radius 1 is 0.731 bits per heavy atom. The standard InChI is InChI=1S/C18H30O3S.2C2H4/c1-2-3-4-5-6-7-8-9-10-14-17-21-22(19,20)18-15-12-11-13-16-18;2*1-2/h11-13,15-16H,2-10,14,17H2,1H3;2*1-2H2. The maximum absolute atomic E-state index is 11.9. The lowest BCUT2D eigenvalue weighted by atomic mass is 10.1. The molecule has 150 valence electrons. The van der Waals surface area contributed by atoms with Crippen LogP contribution in [-0.2, 0) is 14.3 Å². The Morgan fingerprint density at radius 2 is 1.15 bits per heavy atom. The third kappa shape index (κ3) is 14.9. The van der Waals surface area contributed by atoms with Gasteiger partial charge in [0.15, 0.2) is 0 Å². The van der Waals surface area contributed by atoms with Gasteiger partial charge in [0, 0.05) is 0 Å². The lowest BCUT2D eigenvalue weighted by Crippen LogP contribution is -2.07. The molecule has 0 aliphatic carbocycles. The molecule has 0 aromatic heterocycles. The molecule has 0 aliphatic rings. The Morgan fingerprint density at radius 3 is 1.62 bits per heavy atom. The molecule has 1 aromatic rings. The molecule has 1 aromatic carbocycles. The van der Waals surface area contributed by atoms with Gasteiger partial charge in [0.2, 0.25) is 0 Å². The second-order valence-corrected chi connectivity index (χ2v) is 7.39. The lowest BCUT2D eigenvalue weighted by Gasteiger charge is -2.05. The van der Waals surface area contributed by atoms with Crippen molar-refractivity contribution in [3.8, 4) is 0 Å². The van der Waals surface area contributed by atoms with Crippen molar-refractivity contribution in [3.05, 3.63) is 56.6 Å². The molecule has 0 heterocycles. The van der Waals surface area contributed by atoms with Crippen molar-refractivity contribution >= 4 is 10.1 Å². The number of hydrogen-bond acceptors (Lipinski definition) is 3. The van der Waals surface area contributed by atoms with Crippen LogP contribution >= 0.6 is 0 Å². The van der Waals surface area contributed by atoms with Crippen LogP contribution in [0.1, 0.15) is 71.1 Å². The minimum atomic E-state index is -3.57. The molecule has 0 amide bonds. The van der Waals surface area contributed by atoms with Crippen LogP contribution in [0.2, 0.25) is 0 Å². The zero-order chi connectivity index (χ0) is 20.1. The summed E-state index contributed by atoms with van der Waals surface area (Å²) in [5.41, 5.74) is 0. The second-order valence-electron chi connectivity index (χ2n) is 5.77. The largest absolute Gasteiger partial charge is 0.296 e. The molecular weight excluding hydrogens is 344 g/mol. The molecule has 0 atom stereocenters. The number of unbranched alkanes of at least 4 members (excludes halogenated alkanes) is 9. The van der Waals surface area contributed by atoms with E-state index in [9.17, 15) is 8.42 Å². The van der Waals surface area contributed by atoms with Gasteiger partial charge in [-0.05, 0) is 18.6 Å². The van der Waals surface area contributed by atoms with Crippen LogP contribution in [0, 0.1) is 0 Å². The summed E-state index contributed by atoms with van der Waals surface area (Å²) in [6.45, 7) is 14.5. The topological polar surface area (TPSA) is 43.4 Å². The highest BCUT2D eigenvalue weighted by atomic mass is 32.2. The first kappa shape index (κ1) is 26.8. The van der Waals surface area contributed by atoms with E-state index in [1.165, 1.54) is 51.4 Å². The van der Waals surface area contributed by atoms with Crippen LogP contribution in [-0.4, -0.2) is 15.0 Å². The molecule has 0 N–H and O–H groups in total. The van der Waals surface area contributed by atoms with E-state index in [0.717, 1.165) is 12.8 Å². The summed E-state index contributed by atoms with van der Waals surface area (Å²) in [6, 6.07) is 8.33. The minimum Gasteiger partial charge on any atom is -0.266 e. The van der Waals surface area contributed by atoms with Crippen LogP contribution < -0.4 is 0 Å². The summed E-state index contributed by atoms with van der Waals surface area (Å²) in [5.74, 6) is 0. The van der Waals surface area contributed by atoms with E-state index >= 15 is 0 Å². The number of rotatable bonds is 13. The maximum Gasteiger partial charge on any atom is 0.296 e. The molecule has 1 rings (SSSR count). The summed E-state index contributed by atoms with van der Waals surface area (Å²) in [5, 5.41) is 0. The Kier molecular flexibility index (Phi) is 20.6. The molecule has 0 bridgehead atoms. The summed E-state index contributed by atoms with van der Waals surface area (Å²) in [4.78, 5) is 0.238. The van der Waals surface area contributed by atoms with E-state index in [-0.39, 0.29) is 11.5 Å². The van der Waals surface area contributed by atoms with Crippen molar-refractivity contribution < 1.29 is 12.6 Å². The van der Waals surface area contributed by atoms with Crippen LogP contribution in [0.4, 0.5) is 0 Å². The molecule has 0 unspecified atom stereocenters. The summed E-state index contributed by atoms with van der Waals surface area (Å²) in [7, 11) is -3.57. The third-order valence-corrected chi connectivity index (χ3v) is 5.09. The normalized spacial score (nSPS) is 10.2. The summed E-state index contributed by atoms with van der Waals surface area (Å²) < 4.78 is 28.8. The minimum absolute atomic E-state index is 0.238. The second kappa shape index (κ2) is 19.9. The van der Waals surface area contributed by atoms with Crippen molar-refractivity contribution in [2.24, 2.45) is 0 Å². The van der Waals surface area contributed by atoms with E-state index in [4.69, 9.17) is 4.18 Å². The highest BCUT2D eigenvalue weighted by Crippen LogP contribution is 2.13. The number of hydrogen-bond donors (Lipinski definition) is 0. The van der Waals surface area contributed by atoms with Gasteiger partial charge in [-0.3, -0.25) is 4.18 Å². The average molecular weight is 383 g/mol. The molecule has 0 aliphatic heterocycles. The Labute approximate surface area is 162 Å². The molecule has 0 saturated heterocycles. The fourth-order valence-corrected chi connectivity index (χ4v) is 3.38. The third-order valence-electron chi connectivity index (χ3n) is 3.77. The molecular formula is C22H38O3S. The van der Waals surface area contributed by atoms with Gasteiger partial charge in [-0.1, -0.05) is 82.9 Å². The van der Waals surface area contributed by atoms with Crippen molar-refractivity contribution in [3.63, 3.8) is 0 Å². The fourth-order valence-electron chi connectivity index (χ4n) is 2.41. The summed E-state index contributed by atoms with van der Waals surface area (Å²) in [6.07, 6.45) is 12.3. The lowest BCUT2D eigenvalue weighted by molar-refractivity contribution is 0.306. The fraction of sp³-hybridized carbons (Fsp3) is 0.545. The quantitative estimate of drug-likeness (QED) is 0.211. The molecule has 3 nitrogen and oxygen atoms in total. The summed E-state index contributed by atoms with van der Waals surface area (Å²) >= 11 is 0. The number of benzene rings is 1. The zero-order valence-electron chi connectivity index (χ0n) is 16.6. The van der Waals surface area contributed by atoms with E-state index in [0.29, 0.717) is 0 Å². The SMILES string of the molecule is C=C.C=C.CCCCCCCCCCCCOS(=O)(=O)c1ccccc1. The smallest absolute Gasteiger partial charge is 0.266 e. The van der Waals surface area contributed by atoms with Crippen LogP contribution in [0.5, 0.6) is 0 Å². The molecule has 0 radical (unpaired) electrons. The van der Waals surface area contributed by atoms with Crippen LogP contribution in [0.25, 0.3) is 0 Å². The monoisotopic (exact) mass is 382 g/mol. The molecule has 0 saturated carbocycles. The predicted octanol–water partition coefficient (Wildman–Crippen LogP) is 6.92. The average Bonchev–Trinajstić information content (AvgIpc) is 2.70. The van der Waals surface area contributed by atoms with Gasteiger partial charge in [-0.25, -0.2) is 0 Å².